The Bertz CT molecular complexity index is 699. The molecule has 2 aromatic carbocycles. The van der Waals surface area contributed by atoms with Crippen LogP contribution in [0.3, 0.4) is 0 Å². The molecular formula is C21H29Cl2NOTi. The minimum atomic E-state index is 0. The number of aliphatic hydroxyl groups is 1. The number of likely N-dealkylation sites (N-methyl/N-ethyl adjacent to an activating group) is 1. The minimum absolute atomic E-state index is 0. The molecule has 0 saturated carbocycles. The van der Waals surface area contributed by atoms with E-state index < -0.39 is 0 Å². The van der Waals surface area contributed by atoms with Crippen LogP contribution in [0.25, 0.3) is 16.3 Å². The fourth-order valence-electron chi connectivity index (χ4n) is 2.55. The first-order chi connectivity index (χ1) is 10.6. The molecule has 5 heteroatoms. The molecule has 3 rings (SSSR count). The number of rotatable bonds is 3. The van der Waals surface area contributed by atoms with Gasteiger partial charge in [-0.3, -0.25) is 0 Å². The molecule has 0 atom stereocenters. The van der Waals surface area contributed by atoms with Gasteiger partial charge in [0, 0.05) is 13.2 Å². The number of halogens is 2. The van der Waals surface area contributed by atoms with Gasteiger partial charge in [-0.25, -0.2) is 0 Å². The van der Waals surface area contributed by atoms with Crippen LogP contribution in [0.2, 0.25) is 0 Å². The Morgan fingerprint density at radius 2 is 1.69 bits per heavy atom. The molecule has 0 aromatic heterocycles. The van der Waals surface area contributed by atoms with Crippen molar-refractivity contribution in [2.45, 2.75) is 13.3 Å². The van der Waals surface area contributed by atoms with Crippen LogP contribution in [0, 0.1) is 13.5 Å². The summed E-state index contributed by atoms with van der Waals surface area (Å²) in [5.41, 5.74) is 4.01. The van der Waals surface area contributed by atoms with E-state index in [0.29, 0.717) is 0 Å². The normalized spacial score (nSPS) is 11.6. The van der Waals surface area contributed by atoms with E-state index >= 15 is 0 Å². The maximum Gasteiger partial charge on any atom is 2.00 e. The van der Waals surface area contributed by atoms with E-state index in [-0.39, 0.29) is 60.6 Å². The third kappa shape index (κ3) is 8.86. The number of fused-ring (bicyclic) bond motifs is 1. The van der Waals surface area contributed by atoms with Gasteiger partial charge in [-0.1, -0.05) is 35.7 Å². The fraction of sp³-hybridized carbons (Fsp3) is 0.286. The topological polar surface area (TPSA) is 23.5 Å². The van der Waals surface area contributed by atoms with Gasteiger partial charge in [-0.15, -0.1) is 65.6 Å². The molecular weight excluding hydrogens is 401 g/mol. The van der Waals surface area contributed by atoms with Gasteiger partial charge in [-0.05, 0) is 33.0 Å². The van der Waals surface area contributed by atoms with Gasteiger partial charge in [0.15, 0.2) is 0 Å². The van der Waals surface area contributed by atoms with E-state index in [1.165, 1.54) is 27.5 Å². The molecule has 26 heavy (non-hydrogen) atoms. The van der Waals surface area contributed by atoms with Gasteiger partial charge < -0.3 is 17.4 Å². The molecule has 0 heterocycles. The second kappa shape index (κ2) is 15.5. The Balaban J connectivity index is -0.000000710. The van der Waals surface area contributed by atoms with Gasteiger partial charge in [0.05, 0.1) is 0 Å². The zero-order chi connectivity index (χ0) is 15.9. The van der Waals surface area contributed by atoms with E-state index in [1.54, 1.807) is 6.92 Å². The van der Waals surface area contributed by atoms with Gasteiger partial charge in [0.2, 0.25) is 0 Å². The van der Waals surface area contributed by atoms with Crippen molar-refractivity contribution in [2.24, 2.45) is 0 Å². The SMILES string of the molecule is CCO.CN(C)CC1=CCC(c2[c-]c3ccccc3cc2)=C1.Cl.Cl.[CH3-].[Ti+2]. The monoisotopic (exact) mass is 429 g/mol. The molecule has 0 aliphatic heterocycles. The predicted molar refractivity (Wildman–Crippen MR) is 116 cm³/mol. The van der Waals surface area contributed by atoms with E-state index in [4.69, 9.17) is 5.11 Å². The van der Waals surface area contributed by atoms with Crippen LogP contribution in [0.15, 0.2) is 54.1 Å². The van der Waals surface area contributed by atoms with Gasteiger partial charge in [0.25, 0.3) is 0 Å². The van der Waals surface area contributed by atoms with Crippen LogP contribution >= 0.6 is 24.8 Å². The summed E-state index contributed by atoms with van der Waals surface area (Å²) in [6.07, 6.45) is 5.65. The van der Waals surface area contributed by atoms with Gasteiger partial charge in [-0.2, -0.15) is 0 Å². The summed E-state index contributed by atoms with van der Waals surface area (Å²) >= 11 is 0. The van der Waals surface area contributed by atoms with Crippen molar-refractivity contribution in [3.8, 4) is 0 Å². The summed E-state index contributed by atoms with van der Waals surface area (Å²) in [6, 6.07) is 16.3. The molecule has 0 radical (unpaired) electrons. The molecule has 1 aliphatic carbocycles. The third-order valence-electron chi connectivity index (χ3n) is 3.45. The Labute approximate surface area is 186 Å². The molecule has 0 bridgehead atoms. The second-order valence-electron chi connectivity index (χ2n) is 5.67. The molecule has 0 fully saturated rings. The Morgan fingerprint density at radius 3 is 2.31 bits per heavy atom. The molecule has 0 unspecified atom stereocenters. The Hall–Kier alpha value is -0.606. The number of nitrogens with zero attached hydrogens (tertiary/aromatic N) is 1. The average molecular weight is 430 g/mol. The average Bonchev–Trinajstić information content (AvgIpc) is 2.95. The first-order valence-corrected chi connectivity index (χ1v) is 7.70. The molecule has 2 nitrogen and oxygen atoms in total. The van der Waals surface area contributed by atoms with Crippen molar-refractivity contribution in [3.63, 3.8) is 0 Å². The zero-order valence-electron chi connectivity index (χ0n) is 16.0. The van der Waals surface area contributed by atoms with Crippen LogP contribution in [-0.2, 0) is 21.7 Å². The van der Waals surface area contributed by atoms with Crippen LogP contribution < -0.4 is 0 Å². The third-order valence-corrected chi connectivity index (χ3v) is 3.45. The van der Waals surface area contributed by atoms with Gasteiger partial charge in [0.1, 0.15) is 0 Å². The van der Waals surface area contributed by atoms with Crippen molar-refractivity contribution in [1.82, 2.24) is 4.90 Å². The zero-order valence-corrected chi connectivity index (χ0v) is 19.1. The van der Waals surface area contributed by atoms with E-state index in [1.807, 2.05) is 0 Å². The second-order valence-corrected chi connectivity index (χ2v) is 5.67. The smallest absolute Gasteiger partial charge is 0.397 e. The molecule has 1 aliphatic rings. The molecule has 2 aromatic rings. The Morgan fingerprint density at radius 1 is 1.08 bits per heavy atom. The summed E-state index contributed by atoms with van der Waals surface area (Å²) in [5.74, 6) is 0. The van der Waals surface area contributed by atoms with E-state index in [9.17, 15) is 0 Å². The Kier molecular flexibility index (Phi) is 17.9. The number of hydrogen-bond acceptors (Lipinski definition) is 2. The standard InChI is InChI=1S/C18H18N.C2H6O.CH3.2ClH.Ti/c1-19(2)13-14-7-8-17(11-14)18-10-9-15-5-3-4-6-16(15)12-18;1-2-3;;;;/h3-7,9-11H,8,13H2,1-2H3;3H,2H2,1H3;1H3;2*1H;/q-1;;-1;;;+2. The van der Waals surface area contributed by atoms with Crippen molar-refractivity contribution in [3.05, 3.63) is 73.2 Å². The summed E-state index contributed by atoms with van der Waals surface area (Å²) < 4.78 is 0. The number of benzene rings is 2. The first-order valence-electron chi connectivity index (χ1n) is 7.70. The maximum absolute atomic E-state index is 7.57. The van der Waals surface area contributed by atoms with Crippen molar-refractivity contribution < 1.29 is 26.8 Å². The minimum Gasteiger partial charge on any atom is -0.397 e. The summed E-state index contributed by atoms with van der Waals surface area (Å²) in [4.78, 5) is 2.20. The quantitative estimate of drug-likeness (QED) is 0.534. The molecule has 1 N–H and O–H groups in total. The maximum atomic E-state index is 7.57. The first kappa shape index (κ1) is 30.1. The van der Waals surface area contributed by atoms with E-state index in [2.05, 4.69) is 73.6 Å². The van der Waals surface area contributed by atoms with Crippen LogP contribution in [-0.4, -0.2) is 37.3 Å². The number of aliphatic hydroxyl groups excluding tert-OH is 1. The van der Waals surface area contributed by atoms with Crippen molar-refractivity contribution >= 4 is 41.2 Å². The predicted octanol–water partition coefficient (Wildman–Crippen LogP) is 5.21. The number of hydrogen-bond donors (Lipinski definition) is 1. The summed E-state index contributed by atoms with van der Waals surface area (Å²) in [5, 5.41) is 10.0. The molecule has 0 spiro atoms. The molecule has 0 amide bonds. The van der Waals surface area contributed by atoms with Crippen LogP contribution in [0.4, 0.5) is 0 Å². The summed E-state index contributed by atoms with van der Waals surface area (Å²) in [7, 11) is 4.21. The van der Waals surface area contributed by atoms with Crippen LogP contribution in [0.1, 0.15) is 18.9 Å². The fourth-order valence-corrected chi connectivity index (χ4v) is 2.55. The summed E-state index contributed by atoms with van der Waals surface area (Å²) in [6.45, 7) is 2.94. The van der Waals surface area contributed by atoms with Gasteiger partial charge >= 0.3 is 21.7 Å². The van der Waals surface area contributed by atoms with Crippen molar-refractivity contribution in [1.29, 1.82) is 0 Å². The van der Waals surface area contributed by atoms with E-state index in [0.717, 1.165) is 13.0 Å². The van der Waals surface area contributed by atoms with Crippen LogP contribution in [0.5, 0.6) is 0 Å². The van der Waals surface area contributed by atoms with Crippen molar-refractivity contribution in [2.75, 3.05) is 27.2 Å². The molecule has 142 valence electrons. The largest absolute Gasteiger partial charge is 2.00 e. The molecule has 0 saturated heterocycles. The number of allylic oxidation sites excluding steroid dienone is 2.